The van der Waals surface area contributed by atoms with Gasteiger partial charge in [0.25, 0.3) is 0 Å². The predicted octanol–water partition coefficient (Wildman–Crippen LogP) is 3.93. The van der Waals surface area contributed by atoms with Crippen LogP contribution in [-0.2, 0) is 10.3 Å². The number of carbonyl (C=O) groups excluding carboxylic acids is 1. The van der Waals surface area contributed by atoms with Gasteiger partial charge in [-0.1, -0.05) is 55.8 Å². The van der Waals surface area contributed by atoms with Crippen molar-refractivity contribution in [2.45, 2.75) is 31.5 Å². The first-order valence-corrected chi connectivity index (χ1v) is 10.5. The number of hydrogen-bond acceptors (Lipinski definition) is 4. The topological polar surface area (TPSA) is 78.6 Å². The fourth-order valence-electron chi connectivity index (χ4n) is 4.66. The maximum absolute atomic E-state index is 15.6. The summed E-state index contributed by atoms with van der Waals surface area (Å²) in [6, 6.07) is 3.63. The summed E-state index contributed by atoms with van der Waals surface area (Å²) in [7, 11) is 0. The maximum Gasteiger partial charge on any atom is 0.250 e. The van der Waals surface area contributed by atoms with Crippen LogP contribution in [0.4, 0.5) is 10.1 Å². The molecule has 1 aromatic rings. The molecule has 4 N–H and O–H groups in total. The van der Waals surface area contributed by atoms with E-state index in [0.717, 1.165) is 0 Å². The molecule has 2 heterocycles. The van der Waals surface area contributed by atoms with Crippen LogP contribution in [0.1, 0.15) is 19.4 Å². The number of nitrogens with one attached hydrogen (secondary N) is 1. The number of amides is 1. The van der Waals surface area contributed by atoms with Crippen molar-refractivity contribution in [2.24, 2.45) is 17.6 Å². The van der Waals surface area contributed by atoms with Gasteiger partial charge in [0.15, 0.2) is 0 Å². The van der Waals surface area contributed by atoms with Gasteiger partial charge >= 0.3 is 0 Å². The lowest BCUT2D eigenvalue weighted by molar-refractivity contribution is -0.129. The van der Waals surface area contributed by atoms with Crippen LogP contribution < -0.4 is 11.1 Å². The van der Waals surface area contributed by atoms with Crippen molar-refractivity contribution in [3.05, 3.63) is 64.5 Å². The van der Waals surface area contributed by atoms with Crippen LogP contribution in [0, 0.1) is 11.8 Å². The molecule has 5 nitrogen and oxygen atoms in total. The molecule has 1 saturated heterocycles. The molecule has 0 radical (unpaired) electrons. The molecule has 0 bridgehead atoms. The van der Waals surface area contributed by atoms with Gasteiger partial charge in [0, 0.05) is 39.9 Å². The zero-order valence-corrected chi connectivity index (χ0v) is 18.4. The summed E-state index contributed by atoms with van der Waals surface area (Å²) in [5.74, 6) is -1.81. The van der Waals surface area contributed by atoms with E-state index in [1.165, 1.54) is 18.2 Å². The second-order valence-electron chi connectivity index (χ2n) is 8.12. The Balaban J connectivity index is 2.25. The highest BCUT2D eigenvalue weighted by atomic mass is 35.5. The number of halogens is 3. The number of nitrogens with two attached hydrogens (primary N) is 1. The number of fused-ring (bicyclic) bond motifs is 2. The van der Waals surface area contributed by atoms with E-state index in [1.807, 2.05) is 18.7 Å². The Morgan fingerprint density at radius 2 is 2.20 bits per heavy atom. The third kappa shape index (κ3) is 3.72. The summed E-state index contributed by atoms with van der Waals surface area (Å²) in [5.41, 5.74) is 6.20. The summed E-state index contributed by atoms with van der Waals surface area (Å²) in [6.07, 6.45) is 4.13. The average Bonchev–Trinajstić information content (AvgIpc) is 3.06. The zero-order chi connectivity index (χ0) is 22.2. The molecule has 4 atom stereocenters. The van der Waals surface area contributed by atoms with Gasteiger partial charge in [0.2, 0.25) is 5.91 Å². The van der Waals surface area contributed by atoms with Gasteiger partial charge in [-0.05, 0) is 30.2 Å². The van der Waals surface area contributed by atoms with E-state index in [0.29, 0.717) is 22.8 Å². The molecule has 30 heavy (non-hydrogen) atoms. The number of benzene rings is 1. The van der Waals surface area contributed by atoms with Gasteiger partial charge < -0.3 is 16.2 Å². The standard InChI is InChI=1S/C22H26Cl2FN3O2/c1-12(2)10-28-18(11-29)20(26)19(16(25)6-4-5-13(3)23)22(28)15-8-7-14(24)9-17(15)27-21(22)30/h4-9,12,18-20,29H,3,10-11,26H2,1-2H3,(H,27,30)/b5-4-,16-6-/t18-,19-,20+,22+/m1/s1. The summed E-state index contributed by atoms with van der Waals surface area (Å²) >= 11 is 11.8. The minimum Gasteiger partial charge on any atom is -0.395 e. The minimum absolute atomic E-state index is 0.150. The number of anilines is 1. The summed E-state index contributed by atoms with van der Waals surface area (Å²) in [6.45, 7) is 7.68. The SMILES string of the molecule is C=C(Cl)/C=C\C=C(/F)[C@@H]1[C@@H](N)[C@@H](CO)N(CC(C)C)[C@]12C(=O)Nc1cc(Cl)ccc12. The van der Waals surface area contributed by atoms with Crippen molar-refractivity contribution in [2.75, 3.05) is 18.5 Å². The fraction of sp³-hybridized carbons (Fsp3) is 0.409. The van der Waals surface area contributed by atoms with Crippen LogP contribution in [0.15, 0.2) is 53.9 Å². The first kappa shape index (κ1) is 23.0. The summed E-state index contributed by atoms with van der Waals surface area (Å²) in [4.78, 5) is 15.3. The Morgan fingerprint density at radius 1 is 1.50 bits per heavy atom. The number of aliphatic hydroxyl groups is 1. The van der Waals surface area contributed by atoms with E-state index in [4.69, 9.17) is 28.9 Å². The Hall–Kier alpha value is -1.70. The first-order valence-electron chi connectivity index (χ1n) is 9.77. The maximum atomic E-state index is 15.6. The summed E-state index contributed by atoms with van der Waals surface area (Å²) in [5, 5.41) is 13.7. The zero-order valence-electron chi connectivity index (χ0n) is 16.9. The van der Waals surface area contributed by atoms with Crippen molar-refractivity contribution in [3.63, 3.8) is 0 Å². The highest BCUT2D eigenvalue weighted by Crippen LogP contribution is 2.55. The molecular formula is C22H26Cl2FN3O2. The molecule has 0 aromatic heterocycles. The van der Waals surface area contributed by atoms with Gasteiger partial charge in [-0.3, -0.25) is 9.69 Å². The van der Waals surface area contributed by atoms with Crippen LogP contribution in [0.3, 0.4) is 0 Å². The summed E-state index contributed by atoms with van der Waals surface area (Å²) < 4.78 is 15.6. The van der Waals surface area contributed by atoms with E-state index < -0.39 is 29.4 Å². The second kappa shape index (κ2) is 8.81. The molecule has 0 unspecified atom stereocenters. The third-order valence-electron chi connectivity index (χ3n) is 5.70. The lowest BCUT2D eigenvalue weighted by atomic mass is 9.76. The van der Waals surface area contributed by atoms with Gasteiger partial charge in [-0.25, -0.2) is 4.39 Å². The molecule has 2 aliphatic heterocycles. The monoisotopic (exact) mass is 453 g/mol. The van der Waals surface area contributed by atoms with Gasteiger partial charge in [0.1, 0.15) is 11.4 Å². The van der Waals surface area contributed by atoms with E-state index in [2.05, 4.69) is 11.9 Å². The van der Waals surface area contributed by atoms with Crippen LogP contribution >= 0.6 is 23.2 Å². The molecule has 2 aliphatic rings. The van der Waals surface area contributed by atoms with E-state index in [-0.39, 0.29) is 23.5 Å². The number of carbonyl (C=O) groups is 1. The molecule has 1 fully saturated rings. The van der Waals surface area contributed by atoms with Crippen molar-refractivity contribution in [3.8, 4) is 0 Å². The first-order chi connectivity index (χ1) is 14.1. The molecule has 0 aliphatic carbocycles. The Bertz CT molecular complexity index is 918. The molecular weight excluding hydrogens is 428 g/mol. The largest absolute Gasteiger partial charge is 0.395 e. The molecule has 1 aromatic carbocycles. The molecule has 1 spiro atoms. The fourth-order valence-corrected chi connectivity index (χ4v) is 4.90. The lowest BCUT2D eigenvalue weighted by Gasteiger charge is -2.39. The van der Waals surface area contributed by atoms with Crippen LogP contribution in [0.2, 0.25) is 5.02 Å². The molecule has 0 saturated carbocycles. The van der Waals surface area contributed by atoms with Crippen molar-refractivity contribution in [1.82, 2.24) is 4.90 Å². The van der Waals surface area contributed by atoms with E-state index in [1.54, 1.807) is 18.2 Å². The second-order valence-corrected chi connectivity index (χ2v) is 9.04. The van der Waals surface area contributed by atoms with Crippen molar-refractivity contribution < 1.29 is 14.3 Å². The highest BCUT2D eigenvalue weighted by Gasteiger charge is 2.66. The van der Waals surface area contributed by atoms with E-state index in [9.17, 15) is 9.90 Å². The van der Waals surface area contributed by atoms with Crippen molar-refractivity contribution >= 4 is 34.8 Å². The Kier molecular flexibility index (Phi) is 6.75. The molecule has 8 heteroatoms. The normalized spacial score (nSPS) is 29.3. The predicted molar refractivity (Wildman–Crippen MR) is 119 cm³/mol. The number of hydrogen-bond donors (Lipinski definition) is 3. The Labute approximate surface area is 186 Å². The van der Waals surface area contributed by atoms with Gasteiger partial charge in [0.05, 0.1) is 12.5 Å². The number of rotatable bonds is 6. The Morgan fingerprint density at radius 3 is 2.80 bits per heavy atom. The van der Waals surface area contributed by atoms with Crippen LogP contribution in [0.5, 0.6) is 0 Å². The van der Waals surface area contributed by atoms with Gasteiger partial charge in [-0.15, -0.1) is 0 Å². The third-order valence-corrected chi connectivity index (χ3v) is 6.06. The minimum atomic E-state index is -1.40. The number of likely N-dealkylation sites (tertiary alicyclic amines) is 1. The number of nitrogens with zero attached hydrogens (tertiary/aromatic N) is 1. The highest BCUT2D eigenvalue weighted by molar-refractivity contribution is 6.31. The average molecular weight is 454 g/mol. The van der Waals surface area contributed by atoms with Crippen LogP contribution in [-0.4, -0.2) is 41.1 Å². The number of allylic oxidation sites excluding steroid dienone is 4. The quantitative estimate of drug-likeness (QED) is 0.570. The molecule has 162 valence electrons. The number of aliphatic hydroxyl groups excluding tert-OH is 1. The van der Waals surface area contributed by atoms with Crippen LogP contribution in [0.25, 0.3) is 0 Å². The van der Waals surface area contributed by atoms with Crippen molar-refractivity contribution in [1.29, 1.82) is 0 Å². The molecule has 3 rings (SSSR count). The molecule has 1 amide bonds. The lowest BCUT2D eigenvalue weighted by Crippen LogP contribution is -2.54. The smallest absolute Gasteiger partial charge is 0.250 e. The van der Waals surface area contributed by atoms with Gasteiger partial charge in [-0.2, -0.15) is 0 Å². The van der Waals surface area contributed by atoms with E-state index >= 15 is 4.39 Å².